The maximum atomic E-state index is 6.10. The Balaban J connectivity index is 1.51. The second kappa shape index (κ2) is 6.56. The van der Waals surface area contributed by atoms with Gasteiger partial charge in [0, 0.05) is 50.2 Å². The van der Waals surface area contributed by atoms with Gasteiger partial charge in [-0.2, -0.15) is 5.10 Å². The van der Waals surface area contributed by atoms with Crippen molar-refractivity contribution in [2.45, 2.75) is 52.7 Å². The highest BCUT2D eigenvalue weighted by Gasteiger charge is 2.37. The van der Waals surface area contributed by atoms with Gasteiger partial charge in [-0.25, -0.2) is 0 Å². The Bertz CT molecular complexity index is 764. The average Bonchev–Trinajstić information content (AvgIpc) is 2.93. The highest BCUT2D eigenvalue weighted by molar-refractivity contribution is 5.24. The van der Waals surface area contributed by atoms with Gasteiger partial charge in [0.15, 0.2) is 0 Å². The summed E-state index contributed by atoms with van der Waals surface area (Å²) in [6.07, 6.45) is 4.09. The van der Waals surface area contributed by atoms with E-state index in [4.69, 9.17) is 9.47 Å². The molecule has 1 fully saturated rings. The number of rotatable bonds is 4. The van der Waals surface area contributed by atoms with E-state index in [0.717, 1.165) is 44.0 Å². The molecule has 2 unspecified atom stereocenters. The lowest BCUT2D eigenvalue weighted by atomic mass is 9.95. The van der Waals surface area contributed by atoms with Crippen molar-refractivity contribution in [1.82, 2.24) is 19.6 Å². The molecule has 5 heterocycles. The van der Waals surface area contributed by atoms with Crippen molar-refractivity contribution >= 4 is 0 Å². The zero-order valence-electron chi connectivity index (χ0n) is 16.6. The predicted octanol–water partition coefficient (Wildman–Crippen LogP) is 2.56. The summed E-state index contributed by atoms with van der Waals surface area (Å²) in [7, 11) is 2.02. The molecular formula is C20H30N4O2. The molecule has 0 saturated carbocycles. The maximum Gasteiger partial charge on any atom is 0.138 e. The van der Waals surface area contributed by atoms with E-state index in [1.54, 1.807) is 0 Å². The third-order valence-electron chi connectivity index (χ3n) is 6.26. The highest BCUT2D eigenvalue weighted by atomic mass is 16.6. The minimum atomic E-state index is 0.102. The van der Waals surface area contributed by atoms with E-state index in [-0.39, 0.29) is 6.10 Å². The monoisotopic (exact) mass is 358 g/mol. The van der Waals surface area contributed by atoms with Crippen LogP contribution in [0.3, 0.4) is 0 Å². The molecule has 1 aromatic rings. The number of ether oxygens (including phenoxy) is 2. The van der Waals surface area contributed by atoms with Crippen LogP contribution in [0.5, 0.6) is 0 Å². The molecule has 0 aromatic carbocycles. The van der Waals surface area contributed by atoms with Crippen molar-refractivity contribution in [2.75, 3.05) is 26.2 Å². The first-order chi connectivity index (χ1) is 12.4. The summed E-state index contributed by atoms with van der Waals surface area (Å²) < 4.78 is 13.9. The predicted molar refractivity (Wildman–Crippen MR) is 100 cm³/mol. The molecule has 2 atom stereocenters. The molecule has 0 aliphatic carbocycles. The van der Waals surface area contributed by atoms with Gasteiger partial charge in [-0.15, -0.1) is 0 Å². The summed E-state index contributed by atoms with van der Waals surface area (Å²) in [5, 5.41) is 4.42. The van der Waals surface area contributed by atoms with Crippen molar-refractivity contribution < 1.29 is 9.47 Å². The van der Waals surface area contributed by atoms with Gasteiger partial charge in [0.2, 0.25) is 0 Å². The SMILES string of the molecule is CC1=C(C)OC(CC2=C(C)N3CCN2C(Cc2cnn(C)c2C)C3)CO1. The largest absolute Gasteiger partial charge is 0.491 e. The van der Waals surface area contributed by atoms with Crippen LogP contribution in [-0.2, 0) is 22.9 Å². The van der Waals surface area contributed by atoms with Gasteiger partial charge in [-0.3, -0.25) is 4.68 Å². The first-order valence-corrected chi connectivity index (χ1v) is 9.59. The number of fused-ring (bicyclic) bond motifs is 2. The Kier molecular flexibility index (Phi) is 4.37. The third-order valence-corrected chi connectivity index (χ3v) is 6.26. The molecule has 5 rings (SSSR count). The number of piperazine rings is 1. The summed E-state index contributed by atoms with van der Waals surface area (Å²) in [4.78, 5) is 5.16. The fraction of sp³-hybridized carbons (Fsp3) is 0.650. The van der Waals surface area contributed by atoms with Crippen molar-refractivity contribution in [1.29, 1.82) is 0 Å². The maximum absolute atomic E-state index is 6.10. The fourth-order valence-electron chi connectivity index (χ4n) is 4.35. The smallest absolute Gasteiger partial charge is 0.138 e. The van der Waals surface area contributed by atoms with Crippen LogP contribution in [0.4, 0.5) is 0 Å². The Morgan fingerprint density at radius 1 is 1.12 bits per heavy atom. The molecule has 2 bridgehead atoms. The molecule has 4 aliphatic rings. The summed E-state index contributed by atoms with van der Waals surface area (Å²) >= 11 is 0. The molecule has 4 aliphatic heterocycles. The Morgan fingerprint density at radius 2 is 1.92 bits per heavy atom. The van der Waals surface area contributed by atoms with Crippen LogP contribution in [-0.4, -0.2) is 58.0 Å². The lowest BCUT2D eigenvalue weighted by Gasteiger charge is -2.52. The number of aromatic nitrogens is 2. The van der Waals surface area contributed by atoms with E-state index in [1.165, 1.54) is 22.7 Å². The molecule has 142 valence electrons. The number of hydrogen-bond donors (Lipinski definition) is 0. The first-order valence-electron chi connectivity index (χ1n) is 9.59. The number of nitrogens with zero attached hydrogens (tertiary/aromatic N) is 4. The van der Waals surface area contributed by atoms with E-state index < -0.39 is 0 Å². The summed E-state index contributed by atoms with van der Waals surface area (Å²) in [6, 6.07) is 0.508. The number of aryl methyl sites for hydroxylation is 1. The van der Waals surface area contributed by atoms with Gasteiger partial charge < -0.3 is 19.3 Å². The molecular weight excluding hydrogens is 328 g/mol. The van der Waals surface area contributed by atoms with Crippen LogP contribution in [0.1, 0.15) is 38.4 Å². The Hall–Kier alpha value is -2.11. The van der Waals surface area contributed by atoms with Crippen molar-refractivity contribution in [3.63, 3.8) is 0 Å². The molecule has 26 heavy (non-hydrogen) atoms. The van der Waals surface area contributed by atoms with E-state index in [1.807, 2.05) is 31.8 Å². The summed E-state index contributed by atoms with van der Waals surface area (Å²) in [5.41, 5.74) is 5.46. The minimum Gasteiger partial charge on any atom is -0.491 e. The topological polar surface area (TPSA) is 42.8 Å². The van der Waals surface area contributed by atoms with Crippen LogP contribution >= 0.6 is 0 Å². The number of hydrogen-bond acceptors (Lipinski definition) is 5. The van der Waals surface area contributed by atoms with E-state index in [0.29, 0.717) is 12.6 Å². The quantitative estimate of drug-likeness (QED) is 0.828. The molecule has 6 nitrogen and oxygen atoms in total. The van der Waals surface area contributed by atoms with Crippen LogP contribution in [0.2, 0.25) is 0 Å². The molecule has 6 heteroatoms. The van der Waals surface area contributed by atoms with Crippen LogP contribution in [0, 0.1) is 6.92 Å². The standard InChI is InChI=1S/C20H30N4O2/c1-13-17(10-21-22(13)5)8-18-11-23-6-7-24(18)20(14(23)2)9-19-12-25-15(3)16(4)26-19/h10,18-19H,6-9,11-12H2,1-5H3. The summed E-state index contributed by atoms with van der Waals surface area (Å²) in [5.74, 6) is 1.82. The van der Waals surface area contributed by atoms with Gasteiger partial charge in [-0.1, -0.05) is 0 Å². The van der Waals surface area contributed by atoms with Crippen LogP contribution in [0.25, 0.3) is 0 Å². The zero-order valence-corrected chi connectivity index (χ0v) is 16.6. The van der Waals surface area contributed by atoms with Crippen molar-refractivity contribution in [2.24, 2.45) is 7.05 Å². The second-order valence-corrected chi connectivity index (χ2v) is 7.78. The highest BCUT2D eigenvalue weighted by Crippen LogP contribution is 2.34. The summed E-state index contributed by atoms with van der Waals surface area (Å²) in [6.45, 7) is 12.3. The minimum absolute atomic E-state index is 0.102. The fourth-order valence-corrected chi connectivity index (χ4v) is 4.35. The lowest BCUT2D eigenvalue weighted by molar-refractivity contribution is -0.0119. The van der Waals surface area contributed by atoms with Gasteiger partial charge in [0.1, 0.15) is 24.2 Å². The Morgan fingerprint density at radius 3 is 2.62 bits per heavy atom. The third kappa shape index (κ3) is 2.95. The van der Waals surface area contributed by atoms with Gasteiger partial charge in [0.25, 0.3) is 0 Å². The second-order valence-electron chi connectivity index (χ2n) is 7.78. The van der Waals surface area contributed by atoms with E-state index in [2.05, 4.69) is 28.7 Å². The van der Waals surface area contributed by atoms with Crippen molar-refractivity contribution in [3.8, 4) is 0 Å². The molecule has 0 radical (unpaired) electrons. The number of allylic oxidation sites excluding steroid dienone is 3. The molecule has 1 aromatic heterocycles. The van der Waals surface area contributed by atoms with Crippen LogP contribution < -0.4 is 0 Å². The normalized spacial score (nSPS) is 25.7. The zero-order chi connectivity index (χ0) is 18.4. The van der Waals surface area contributed by atoms with E-state index >= 15 is 0 Å². The van der Waals surface area contributed by atoms with Gasteiger partial charge in [-0.05, 0) is 39.7 Å². The van der Waals surface area contributed by atoms with Gasteiger partial charge in [0.05, 0.1) is 12.2 Å². The van der Waals surface area contributed by atoms with Crippen LogP contribution in [0.15, 0.2) is 29.1 Å². The molecule has 0 spiro atoms. The Labute approximate surface area is 156 Å². The molecule has 0 N–H and O–H groups in total. The first kappa shape index (κ1) is 17.3. The van der Waals surface area contributed by atoms with Gasteiger partial charge >= 0.3 is 0 Å². The molecule has 1 saturated heterocycles. The lowest BCUT2D eigenvalue weighted by Crippen LogP contribution is -2.58. The van der Waals surface area contributed by atoms with Crippen molar-refractivity contribution in [3.05, 3.63) is 40.4 Å². The average molecular weight is 358 g/mol. The molecule has 0 amide bonds. The van der Waals surface area contributed by atoms with E-state index in [9.17, 15) is 0 Å².